The summed E-state index contributed by atoms with van der Waals surface area (Å²) in [5.74, 6) is 0.667. The molecule has 96 valence electrons. The van der Waals surface area contributed by atoms with Crippen LogP contribution < -0.4 is 5.73 Å². The monoisotopic (exact) mass is 227 g/mol. The largest absolute Gasteiger partial charge is 0.330 e. The summed E-state index contributed by atoms with van der Waals surface area (Å²) in [5, 5.41) is 0. The van der Waals surface area contributed by atoms with Crippen LogP contribution in [0.1, 0.15) is 34.1 Å². The van der Waals surface area contributed by atoms with Gasteiger partial charge in [0.25, 0.3) is 0 Å². The van der Waals surface area contributed by atoms with E-state index in [-0.39, 0.29) is 0 Å². The zero-order valence-corrected chi connectivity index (χ0v) is 11.5. The molecule has 0 spiro atoms. The second kappa shape index (κ2) is 5.99. The van der Waals surface area contributed by atoms with Gasteiger partial charge in [0.15, 0.2) is 0 Å². The molecular formula is C13H29N3. The maximum absolute atomic E-state index is 5.64. The lowest BCUT2D eigenvalue weighted by Gasteiger charge is -2.42. The molecule has 1 saturated heterocycles. The quantitative estimate of drug-likeness (QED) is 0.788. The van der Waals surface area contributed by atoms with Gasteiger partial charge in [0.2, 0.25) is 0 Å². The standard InChI is InChI=1S/C13H29N3/c1-12(11-14)5-6-15-7-9-16(10-8-15)13(2,3)4/h12H,5-11,14H2,1-4H3. The molecule has 0 aromatic rings. The number of piperazine rings is 1. The molecule has 3 heteroatoms. The molecule has 0 amide bonds. The molecule has 1 aliphatic rings. The minimum absolute atomic E-state index is 0.330. The Bertz CT molecular complexity index is 190. The van der Waals surface area contributed by atoms with Crippen LogP contribution in [0, 0.1) is 5.92 Å². The molecule has 0 saturated carbocycles. The molecule has 2 N–H and O–H groups in total. The lowest BCUT2D eigenvalue weighted by molar-refractivity contribution is 0.0603. The number of nitrogens with zero attached hydrogens (tertiary/aromatic N) is 2. The summed E-state index contributed by atoms with van der Waals surface area (Å²) in [6, 6.07) is 0. The number of hydrogen-bond acceptors (Lipinski definition) is 3. The molecule has 1 unspecified atom stereocenters. The molecule has 1 heterocycles. The Kier molecular flexibility index (Phi) is 5.22. The van der Waals surface area contributed by atoms with Crippen molar-refractivity contribution in [1.82, 2.24) is 9.80 Å². The first-order chi connectivity index (χ1) is 7.43. The van der Waals surface area contributed by atoms with Crippen LogP contribution in [-0.2, 0) is 0 Å². The van der Waals surface area contributed by atoms with Crippen molar-refractivity contribution in [2.75, 3.05) is 39.3 Å². The van der Waals surface area contributed by atoms with Gasteiger partial charge in [0.05, 0.1) is 0 Å². The fourth-order valence-electron chi connectivity index (χ4n) is 2.16. The average Bonchev–Trinajstić information content (AvgIpc) is 2.25. The number of nitrogens with two attached hydrogens (primary N) is 1. The van der Waals surface area contributed by atoms with Gasteiger partial charge in [-0.1, -0.05) is 6.92 Å². The molecule has 0 aromatic carbocycles. The molecule has 3 nitrogen and oxygen atoms in total. The third kappa shape index (κ3) is 4.40. The van der Waals surface area contributed by atoms with Crippen molar-refractivity contribution in [3.63, 3.8) is 0 Å². The van der Waals surface area contributed by atoms with E-state index in [2.05, 4.69) is 37.5 Å². The van der Waals surface area contributed by atoms with Gasteiger partial charge in [-0.3, -0.25) is 4.90 Å². The van der Waals surface area contributed by atoms with Gasteiger partial charge in [-0.2, -0.15) is 0 Å². The molecule has 16 heavy (non-hydrogen) atoms. The summed E-state index contributed by atoms with van der Waals surface area (Å²) >= 11 is 0. The van der Waals surface area contributed by atoms with E-state index < -0.39 is 0 Å². The molecule has 0 radical (unpaired) electrons. The maximum atomic E-state index is 5.64. The van der Waals surface area contributed by atoms with Gasteiger partial charge in [-0.15, -0.1) is 0 Å². The van der Waals surface area contributed by atoms with Crippen LogP contribution in [0.25, 0.3) is 0 Å². The van der Waals surface area contributed by atoms with E-state index in [9.17, 15) is 0 Å². The van der Waals surface area contributed by atoms with Gasteiger partial charge in [-0.25, -0.2) is 0 Å². The van der Waals surface area contributed by atoms with Crippen molar-refractivity contribution in [3.05, 3.63) is 0 Å². The van der Waals surface area contributed by atoms with Crippen LogP contribution in [0.15, 0.2) is 0 Å². The molecule has 1 fully saturated rings. The van der Waals surface area contributed by atoms with Crippen molar-refractivity contribution in [3.8, 4) is 0 Å². The first-order valence-electron chi connectivity index (χ1n) is 6.61. The molecule has 0 bridgehead atoms. The van der Waals surface area contributed by atoms with Gasteiger partial charge in [0, 0.05) is 31.7 Å². The fourth-order valence-corrected chi connectivity index (χ4v) is 2.16. The zero-order valence-electron chi connectivity index (χ0n) is 11.5. The van der Waals surface area contributed by atoms with E-state index in [1.165, 1.54) is 39.1 Å². The molecular weight excluding hydrogens is 198 g/mol. The third-order valence-corrected chi connectivity index (χ3v) is 3.66. The lowest BCUT2D eigenvalue weighted by Crippen LogP contribution is -2.53. The molecule has 0 aromatic heterocycles. The SMILES string of the molecule is CC(CN)CCN1CCN(C(C)(C)C)CC1. The van der Waals surface area contributed by atoms with Crippen LogP contribution in [0.2, 0.25) is 0 Å². The molecule has 1 atom stereocenters. The number of hydrogen-bond donors (Lipinski definition) is 1. The highest BCUT2D eigenvalue weighted by Gasteiger charge is 2.25. The zero-order chi connectivity index (χ0) is 12.2. The van der Waals surface area contributed by atoms with Gasteiger partial charge in [0.1, 0.15) is 0 Å². The first kappa shape index (κ1) is 13.9. The highest BCUT2D eigenvalue weighted by Crippen LogP contribution is 2.16. The Morgan fingerprint density at radius 3 is 2.12 bits per heavy atom. The normalized spacial score (nSPS) is 22.3. The summed E-state index contributed by atoms with van der Waals surface area (Å²) < 4.78 is 0. The minimum Gasteiger partial charge on any atom is -0.330 e. The van der Waals surface area contributed by atoms with Crippen molar-refractivity contribution in [1.29, 1.82) is 0 Å². The second-order valence-corrected chi connectivity index (χ2v) is 6.13. The minimum atomic E-state index is 0.330. The van der Waals surface area contributed by atoms with Crippen LogP contribution in [0.3, 0.4) is 0 Å². The van der Waals surface area contributed by atoms with Crippen molar-refractivity contribution in [2.45, 2.75) is 39.7 Å². The van der Waals surface area contributed by atoms with Crippen LogP contribution in [-0.4, -0.2) is 54.6 Å². The van der Waals surface area contributed by atoms with Crippen molar-refractivity contribution < 1.29 is 0 Å². The summed E-state index contributed by atoms with van der Waals surface area (Å²) in [4.78, 5) is 5.16. The van der Waals surface area contributed by atoms with Crippen molar-refractivity contribution >= 4 is 0 Å². The maximum Gasteiger partial charge on any atom is 0.0126 e. The Labute approximate surface area is 101 Å². The van der Waals surface area contributed by atoms with E-state index >= 15 is 0 Å². The van der Waals surface area contributed by atoms with E-state index in [1.54, 1.807) is 0 Å². The van der Waals surface area contributed by atoms with Gasteiger partial charge >= 0.3 is 0 Å². The van der Waals surface area contributed by atoms with E-state index in [4.69, 9.17) is 5.73 Å². The molecule has 0 aliphatic carbocycles. The lowest BCUT2D eigenvalue weighted by atomic mass is 10.0. The van der Waals surface area contributed by atoms with Crippen LogP contribution >= 0.6 is 0 Å². The summed E-state index contributed by atoms with van der Waals surface area (Å²) in [6.45, 7) is 16.0. The number of rotatable bonds is 4. The smallest absolute Gasteiger partial charge is 0.0126 e. The van der Waals surface area contributed by atoms with E-state index in [1.807, 2.05) is 0 Å². The predicted molar refractivity (Wildman–Crippen MR) is 70.6 cm³/mol. The van der Waals surface area contributed by atoms with Crippen LogP contribution in [0.4, 0.5) is 0 Å². The summed E-state index contributed by atoms with van der Waals surface area (Å²) in [5.41, 5.74) is 5.97. The Hall–Kier alpha value is -0.120. The Morgan fingerprint density at radius 2 is 1.69 bits per heavy atom. The van der Waals surface area contributed by atoms with Crippen molar-refractivity contribution in [2.24, 2.45) is 11.7 Å². The fraction of sp³-hybridized carbons (Fsp3) is 1.00. The van der Waals surface area contributed by atoms with Gasteiger partial charge < -0.3 is 10.6 Å². The average molecular weight is 227 g/mol. The second-order valence-electron chi connectivity index (χ2n) is 6.13. The Morgan fingerprint density at radius 1 is 1.12 bits per heavy atom. The predicted octanol–water partition coefficient (Wildman–Crippen LogP) is 1.39. The third-order valence-electron chi connectivity index (χ3n) is 3.66. The van der Waals surface area contributed by atoms with E-state index in [0.717, 1.165) is 6.54 Å². The topological polar surface area (TPSA) is 32.5 Å². The summed E-state index contributed by atoms with van der Waals surface area (Å²) in [6.07, 6.45) is 1.24. The van der Waals surface area contributed by atoms with E-state index in [0.29, 0.717) is 11.5 Å². The van der Waals surface area contributed by atoms with Crippen LogP contribution in [0.5, 0.6) is 0 Å². The Balaban J connectivity index is 2.22. The summed E-state index contributed by atoms with van der Waals surface area (Å²) in [7, 11) is 0. The first-order valence-corrected chi connectivity index (χ1v) is 6.61. The highest BCUT2D eigenvalue weighted by atomic mass is 15.3. The molecule has 1 rings (SSSR count). The highest BCUT2D eigenvalue weighted by molar-refractivity contribution is 4.81. The van der Waals surface area contributed by atoms with Gasteiger partial charge in [-0.05, 0) is 46.2 Å². The molecule has 1 aliphatic heterocycles.